The Labute approximate surface area is 386 Å². The van der Waals surface area contributed by atoms with Gasteiger partial charge in [0.05, 0.1) is 11.0 Å². The Bertz CT molecular complexity index is 3920. The smallest absolute Gasteiger partial charge is 0.238 e. The minimum Gasteiger partial charge on any atom is -0.456 e. The number of rotatable bonds is 8. The van der Waals surface area contributed by atoms with Crippen LogP contribution in [0.2, 0.25) is 0 Å². The van der Waals surface area contributed by atoms with E-state index in [1.165, 1.54) is 21.9 Å². The molecule has 0 saturated heterocycles. The molecule has 0 amide bonds. The van der Waals surface area contributed by atoms with E-state index < -0.39 is 0 Å². The predicted octanol–water partition coefficient (Wildman–Crippen LogP) is 16.2. The van der Waals surface area contributed by atoms with Gasteiger partial charge < -0.3 is 9.32 Å². The third kappa shape index (κ3) is 6.78. The van der Waals surface area contributed by atoms with Gasteiger partial charge in [0.25, 0.3) is 0 Å². The van der Waals surface area contributed by atoms with Crippen LogP contribution in [-0.4, -0.2) is 19.5 Å². The van der Waals surface area contributed by atoms with E-state index in [2.05, 4.69) is 173 Å². The quantitative estimate of drug-likeness (QED) is 0.152. The lowest BCUT2D eigenvalue weighted by Gasteiger charge is -2.25. The number of para-hydroxylation sites is 2. The van der Waals surface area contributed by atoms with Crippen molar-refractivity contribution in [3.8, 4) is 51.0 Å². The van der Waals surface area contributed by atoms with Crippen molar-refractivity contribution in [3.63, 3.8) is 0 Å². The van der Waals surface area contributed by atoms with Crippen LogP contribution < -0.4 is 4.90 Å². The first-order valence-electron chi connectivity index (χ1n) is 22.5. The van der Waals surface area contributed by atoms with Crippen molar-refractivity contribution in [3.05, 3.63) is 237 Å². The van der Waals surface area contributed by atoms with Gasteiger partial charge in [-0.2, -0.15) is 9.97 Å². The molecule has 0 bridgehead atoms. The topological polar surface area (TPSA) is 60.0 Å². The van der Waals surface area contributed by atoms with Crippen molar-refractivity contribution in [2.75, 3.05) is 4.90 Å². The number of furan rings is 1. The summed E-state index contributed by atoms with van der Waals surface area (Å²) in [5.74, 6) is 1.73. The van der Waals surface area contributed by atoms with Gasteiger partial charge in [0.1, 0.15) is 11.2 Å². The maximum atomic E-state index is 6.44. The highest BCUT2D eigenvalue weighted by Crippen LogP contribution is 2.42. The molecule has 3 aromatic heterocycles. The Hall–Kier alpha value is -9.13. The van der Waals surface area contributed by atoms with Crippen molar-refractivity contribution in [2.45, 2.75) is 0 Å². The van der Waals surface area contributed by atoms with Crippen LogP contribution in [0.5, 0.6) is 0 Å². The van der Waals surface area contributed by atoms with E-state index in [0.29, 0.717) is 17.6 Å². The van der Waals surface area contributed by atoms with Crippen LogP contribution in [0.4, 0.5) is 17.1 Å². The monoisotopic (exact) mass is 857 g/mol. The average Bonchev–Trinajstić information content (AvgIpc) is 3.94. The van der Waals surface area contributed by atoms with E-state index in [0.717, 1.165) is 83.1 Å². The standard InChI is InChI=1S/C61H39N5O/c1-4-15-43(16-5-1)59-62-60(44-17-6-2-7-18-44)64-61(63-59)66-55-37-47(42-26-24-41(25-27-42)46-29-28-40-14-10-11-19-45(40)36-46)30-33-51(55)52-34-31-49(38-56(52)66)65(48-20-8-3-9-21-48)50-32-35-54-53-22-12-13-23-57(53)67-58(54)39-50/h1-39H. The summed E-state index contributed by atoms with van der Waals surface area (Å²) in [4.78, 5) is 18.0. The fraction of sp³-hybridized carbons (Fsp3) is 0. The molecule has 0 aliphatic carbocycles. The Morgan fingerprint density at radius 2 is 0.821 bits per heavy atom. The Morgan fingerprint density at radius 1 is 0.313 bits per heavy atom. The van der Waals surface area contributed by atoms with Crippen LogP contribution in [-0.2, 0) is 0 Å². The second-order valence-corrected chi connectivity index (χ2v) is 16.9. The third-order valence-corrected chi connectivity index (χ3v) is 12.8. The second-order valence-electron chi connectivity index (χ2n) is 16.9. The van der Waals surface area contributed by atoms with Gasteiger partial charge in [-0.15, -0.1) is 0 Å². The largest absolute Gasteiger partial charge is 0.456 e. The third-order valence-electron chi connectivity index (χ3n) is 12.8. The van der Waals surface area contributed by atoms with Gasteiger partial charge >= 0.3 is 0 Å². The molecular formula is C61H39N5O. The molecule has 3 heterocycles. The summed E-state index contributed by atoms with van der Waals surface area (Å²) in [6, 6.07) is 83.0. The molecule has 6 heteroatoms. The Kier molecular flexibility index (Phi) is 9.06. The van der Waals surface area contributed by atoms with Gasteiger partial charge in [0.2, 0.25) is 5.95 Å². The van der Waals surface area contributed by atoms with Crippen LogP contribution in [0.1, 0.15) is 0 Å². The van der Waals surface area contributed by atoms with Gasteiger partial charge in [-0.05, 0) is 87.6 Å². The summed E-state index contributed by atoms with van der Waals surface area (Å²) in [7, 11) is 0. The first-order chi connectivity index (χ1) is 33.2. The molecule has 13 aromatic rings. The van der Waals surface area contributed by atoms with E-state index in [4.69, 9.17) is 19.4 Å². The molecule has 10 aromatic carbocycles. The highest BCUT2D eigenvalue weighted by molar-refractivity contribution is 6.11. The van der Waals surface area contributed by atoms with Crippen molar-refractivity contribution < 1.29 is 4.42 Å². The van der Waals surface area contributed by atoms with Gasteiger partial charge in [-0.25, -0.2) is 4.98 Å². The molecule has 0 N–H and O–H groups in total. The van der Waals surface area contributed by atoms with E-state index >= 15 is 0 Å². The molecule has 0 unspecified atom stereocenters. The lowest BCUT2D eigenvalue weighted by Crippen LogP contribution is -2.10. The number of anilines is 3. The Balaban J connectivity index is 1.02. The highest BCUT2D eigenvalue weighted by Gasteiger charge is 2.22. The molecule has 13 rings (SSSR count). The summed E-state index contributed by atoms with van der Waals surface area (Å²) in [5, 5.41) is 6.83. The van der Waals surface area contributed by atoms with Crippen molar-refractivity contribution >= 4 is 71.6 Å². The lowest BCUT2D eigenvalue weighted by molar-refractivity contribution is 0.669. The number of fused-ring (bicyclic) bond motifs is 7. The molecule has 0 aliphatic heterocycles. The van der Waals surface area contributed by atoms with Crippen molar-refractivity contribution in [1.29, 1.82) is 0 Å². The fourth-order valence-electron chi connectivity index (χ4n) is 9.54. The molecule has 0 fully saturated rings. The summed E-state index contributed by atoms with van der Waals surface area (Å²) in [6.07, 6.45) is 0. The van der Waals surface area contributed by atoms with Gasteiger partial charge in [0, 0.05) is 55.8 Å². The maximum Gasteiger partial charge on any atom is 0.238 e. The number of hydrogen-bond acceptors (Lipinski definition) is 5. The molecule has 0 atom stereocenters. The molecule has 0 saturated carbocycles. The van der Waals surface area contributed by atoms with Crippen LogP contribution in [0.3, 0.4) is 0 Å². The molecule has 67 heavy (non-hydrogen) atoms. The summed E-state index contributed by atoms with van der Waals surface area (Å²) in [6.45, 7) is 0. The minimum absolute atomic E-state index is 0.531. The molecule has 0 radical (unpaired) electrons. The maximum absolute atomic E-state index is 6.44. The fourth-order valence-corrected chi connectivity index (χ4v) is 9.54. The minimum atomic E-state index is 0.531. The zero-order valence-corrected chi connectivity index (χ0v) is 36.2. The normalized spacial score (nSPS) is 11.6. The molecule has 0 spiro atoms. The zero-order chi connectivity index (χ0) is 44.3. The summed E-state index contributed by atoms with van der Waals surface area (Å²) >= 11 is 0. The first-order valence-corrected chi connectivity index (χ1v) is 22.5. The molecule has 6 nitrogen and oxygen atoms in total. The van der Waals surface area contributed by atoms with Crippen LogP contribution >= 0.6 is 0 Å². The van der Waals surface area contributed by atoms with Gasteiger partial charge in [0.15, 0.2) is 11.6 Å². The van der Waals surface area contributed by atoms with Crippen molar-refractivity contribution in [2.24, 2.45) is 0 Å². The van der Waals surface area contributed by atoms with Crippen LogP contribution in [0.15, 0.2) is 241 Å². The number of benzene rings is 10. The number of nitrogens with zero attached hydrogens (tertiary/aromatic N) is 5. The van der Waals surface area contributed by atoms with Gasteiger partial charge in [-0.3, -0.25) is 4.57 Å². The molecule has 314 valence electrons. The summed E-state index contributed by atoms with van der Waals surface area (Å²) in [5.41, 5.74) is 13.0. The van der Waals surface area contributed by atoms with E-state index in [-0.39, 0.29) is 0 Å². The van der Waals surface area contributed by atoms with E-state index in [9.17, 15) is 0 Å². The van der Waals surface area contributed by atoms with Crippen LogP contribution in [0, 0.1) is 0 Å². The molecular weight excluding hydrogens is 819 g/mol. The van der Waals surface area contributed by atoms with Crippen LogP contribution in [0.25, 0.3) is 105 Å². The first kappa shape index (κ1) is 38.3. The number of hydrogen-bond donors (Lipinski definition) is 0. The lowest BCUT2D eigenvalue weighted by atomic mass is 9.98. The second kappa shape index (κ2) is 15.8. The average molecular weight is 858 g/mol. The zero-order valence-electron chi connectivity index (χ0n) is 36.2. The SMILES string of the molecule is c1ccc(-c2nc(-c3ccccc3)nc(-n3c4cc(-c5ccc(-c6ccc7ccccc7c6)cc5)ccc4c4ccc(N(c5ccccc5)c5ccc6c(c5)oc5ccccc56)cc43)n2)cc1. The number of aromatic nitrogens is 4. The highest BCUT2D eigenvalue weighted by atomic mass is 16.3. The van der Waals surface area contributed by atoms with E-state index in [1.807, 2.05) is 72.8 Å². The van der Waals surface area contributed by atoms with Crippen molar-refractivity contribution in [1.82, 2.24) is 19.5 Å². The predicted molar refractivity (Wildman–Crippen MR) is 275 cm³/mol. The Morgan fingerprint density at radius 3 is 1.52 bits per heavy atom. The summed E-state index contributed by atoms with van der Waals surface area (Å²) < 4.78 is 8.65. The molecule has 0 aliphatic rings. The van der Waals surface area contributed by atoms with Gasteiger partial charge in [-0.1, -0.05) is 176 Å². The van der Waals surface area contributed by atoms with E-state index in [1.54, 1.807) is 0 Å².